The highest BCUT2D eigenvalue weighted by molar-refractivity contribution is 6.01. The zero-order valence-corrected chi connectivity index (χ0v) is 14.2. The Balaban J connectivity index is 2.15. The summed E-state index contributed by atoms with van der Waals surface area (Å²) in [6, 6.07) is 6.16. The highest BCUT2D eigenvalue weighted by Crippen LogP contribution is 2.38. The van der Waals surface area contributed by atoms with Crippen LogP contribution in [0, 0.1) is 19.3 Å². The summed E-state index contributed by atoms with van der Waals surface area (Å²) in [7, 11) is 0. The van der Waals surface area contributed by atoms with Gasteiger partial charge in [0.05, 0.1) is 6.04 Å². The predicted octanol–water partition coefficient (Wildman–Crippen LogP) is 4.39. The largest absolute Gasteiger partial charge is 0.293 e. The van der Waals surface area contributed by atoms with E-state index in [0.717, 1.165) is 29.8 Å². The van der Waals surface area contributed by atoms with Crippen LogP contribution in [0.25, 0.3) is 0 Å². The minimum atomic E-state index is -0.00882. The Bertz CT molecular complexity index is 516. The maximum Gasteiger partial charge on any atom is 0.179 e. The van der Waals surface area contributed by atoms with E-state index in [-0.39, 0.29) is 11.8 Å². The Kier molecular flexibility index (Phi) is 4.88. The minimum absolute atomic E-state index is 0.00882. The van der Waals surface area contributed by atoms with Crippen molar-refractivity contribution in [3.63, 3.8) is 0 Å². The van der Waals surface area contributed by atoms with E-state index in [0.29, 0.717) is 5.41 Å². The van der Waals surface area contributed by atoms with Crippen LogP contribution in [0.1, 0.15) is 61.5 Å². The summed E-state index contributed by atoms with van der Waals surface area (Å²) in [5, 5.41) is 0. The topological polar surface area (TPSA) is 20.3 Å². The quantitative estimate of drug-likeness (QED) is 0.749. The second kappa shape index (κ2) is 6.31. The molecule has 0 spiro atoms. The lowest BCUT2D eigenvalue weighted by Crippen LogP contribution is -2.39. The Morgan fingerprint density at radius 3 is 2.52 bits per heavy atom. The van der Waals surface area contributed by atoms with Gasteiger partial charge in [0.2, 0.25) is 0 Å². The molecule has 1 aliphatic rings. The van der Waals surface area contributed by atoms with Crippen LogP contribution in [-0.2, 0) is 0 Å². The molecule has 1 atom stereocenters. The summed E-state index contributed by atoms with van der Waals surface area (Å²) in [5.41, 5.74) is 3.58. The second-order valence-corrected chi connectivity index (χ2v) is 6.79. The van der Waals surface area contributed by atoms with Gasteiger partial charge in [-0.05, 0) is 63.6 Å². The number of hydrogen-bond acceptors (Lipinski definition) is 2. The standard InChI is InChI=1S/C19H29NO/c1-6-19(7-2)10-11-20(13-19)16(5)18(21)17-12-14(3)8-9-15(17)4/h8-9,12,16H,6-7,10-11,13H2,1-5H3. The Labute approximate surface area is 129 Å². The Morgan fingerprint density at radius 2 is 1.95 bits per heavy atom. The molecule has 1 unspecified atom stereocenters. The fourth-order valence-corrected chi connectivity index (χ4v) is 3.52. The average molecular weight is 287 g/mol. The first-order valence-corrected chi connectivity index (χ1v) is 8.28. The molecule has 0 aromatic heterocycles. The van der Waals surface area contributed by atoms with Crippen LogP contribution in [0.4, 0.5) is 0 Å². The molecule has 1 aromatic carbocycles. The monoisotopic (exact) mass is 287 g/mol. The lowest BCUT2D eigenvalue weighted by Gasteiger charge is -2.29. The molecule has 0 saturated carbocycles. The van der Waals surface area contributed by atoms with E-state index in [1.165, 1.54) is 19.3 Å². The average Bonchev–Trinajstić information content (AvgIpc) is 2.93. The van der Waals surface area contributed by atoms with Gasteiger partial charge in [0.25, 0.3) is 0 Å². The van der Waals surface area contributed by atoms with Crippen LogP contribution < -0.4 is 0 Å². The first kappa shape index (κ1) is 16.2. The van der Waals surface area contributed by atoms with E-state index in [9.17, 15) is 4.79 Å². The maximum absolute atomic E-state index is 12.9. The number of ketones is 1. The van der Waals surface area contributed by atoms with Crippen molar-refractivity contribution in [2.24, 2.45) is 5.41 Å². The number of carbonyl (C=O) groups excluding carboxylic acids is 1. The molecule has 0 aliphatic carbocycles. The van der Waals surface area contributed by atoms with Crippen LogP contribution >= 0.6 is 0 Å². The summed E-state index contributed by atoms with van der Waals surface area (Å²) in [4.78, 5) is 15.2. The van der Waals surface area contributed by atoms with Gasteiger partial charge in [-0.15, -0.1) is 0 Å². The Morgan fingerprint density at radius 1 is 1.29 bits per heavy atom. The molecule has 0 N–H and O–H groups in total. The predicted molar refractivity (Wildman–Crippen MR) is 88.9 cm³/mol. The molecule has 0 amide bonds. The molecule has 21 heavy (non-hydrogen) atoms. The highest BCUT2D eigenvalue weighted by atomic mass is 16.1. The molecular weight excluding hydrogens is 258 g/mol. The van der Waals surface area contributed by atoms with Crippen molar-refractivity contribution >= 4 is 5.78 Å². The molecule has 1 fully saturated rings. The zero-order valence-electron chi connectivity index (χ0n) is 14.2. The van der Waals surface area contributed by atoms with E-state index >= 15 is 0 Å². The van der Waals surface area contributed by atoms with Crippen LogP contribution in [0.5, 0.6) is 0 Å². The number of benzene rings is 1. The van der Waals surface area contributed by atoms with Crippen LogP contribution in [-0.4, -0.2) is 29.8 Å². The molecule has 1 saturated heterocycles. The van der Waals surface area contributed by atoms with Gasteiger partial charge in [0, 0.05) is 12.1 Å². The van der Waals surface area contributed by atoms with Crippen LogP contribution in [0.2, 0.25) is 0 Å². The molecule has 1 heterocycles. The number of Topliss-reactive ketones (excluding diaryl/α,β-unsaturated/α-hetero) is 1. The molecule has 2 rings (SSSR count). The van der Waals surface area contributed by atoms with Crippen LogP contribution in [0.15, 0.2) is 18.2 Å². The van der Waals surface area contributed by atoms with Gasteiger partial charge in [-0.2, -0.15) is 0 Å². The van der Waals surface area contributed by atoms with Gasteiger partial charge in [0.1, 0.15) is 0 Å². The van der Waals surface area contributed by atoms with E-state index in [4.69, 9.17) is 0 Å². The molecule has 116 valence electrons. The fraction of sp³-hybridized carbons (Fsp3) is 0.632. The number of rotatable bonds is 5. The highest BCUT2D eigenvalue weighted by Gasteiger charge is 2.38. The molecule has 1 aromatic rings. The van der Waals surface area contributed by atoms with Crippen molar-refractivity contribution in [1.29, 1.82) is 0 Å². The molecule has 0 bridgehead atoms. The van der Waals surface area contributed by atoms with Gasteiger partial charge < -0.3 is 0 Å². The van der Waals surface area contributed by atoms with Crippen molar-refractivity contribution in [2.75, 3.05) is 13.1 Å². The van der Waals surface area contributed by atoms with E-state index in [2.05, 4.69) is 44.7 Å². The van der Waals surface area contributed by atoms with Crippen molar-refractivity contribution in [3.05, 3.63) is 34.9 Å². The lowest BCUT2D eigenvalue weighted by atomic mass is 9.82. The van der Waals surface area contributed by atoms with E-state index in [1.807, 2.05) is 13.0 Å². The summed E-state index contributed by atoms with van der Waals surface area (Å²) >= 11 is 0. The van der Waals surface area contributed by atoms with Gasteiger partial charge in [-0.1, -0.05) is 31.5 Å². The third-order valence-corrected chi connectivity index (χ3v) is 5.55. The Hall–Kier alpha value is -1.15. The summed E-state index contributed by atoms with van der Waals surface area (Å²) in [6.07, 6.45) is 3.65. The van der Waals surface area contributed by atoms with E-state index < -0.39 is 0 Å². The molecule has 2 nitrogen and oxygen atoms in total. The van der Waals surface area contributed by atoms with Crippen molar-refractivity contribution < 1.29 is 4.79 Å². The smallest absolute Gasteiger partial charge is 0.179 e. The van der Waals surface area contributed by atoms with Gasteiger partial charge >= 0.3 is 0 Å². The minimum Gasteiger partial charge on any atom is -0.293 e. The van der Waals surface area contributed by atoms with Crippen molar-refractivity contribution in [1.82, 2.24) is 4.90 Å². The fourth-order valence-electron chi connectivity index (χ4n) is 3.52. The number of carbonyl (C=O) groups is 1. The normalized spacial score (nSPS) is 19.7. The van der Waals surface area contributed by atoms with E-state index in [1.54, 1.807) is 0 Å². The summed E-state index contributed by atoms with van der Waals surface area (Å²) < 4.78 is 0. The SMILES string of the molecule is CCC1(CC)CCN(C(C)C(=O)c2cc(C)ccc2C)C1. The third-order valence-electron chi connectivity index (χ3n) is 5.55. The second-order valence-electron chi connectivity index (χ2n) is 6.79. The first-order chi connectivity index (χ1) is 9.92. The number of nitrogens with zero attached hydrogens (tertiary/aromatic N) is 1. The zero-order chi connectivity index (χ0) is 15.6. The van der Waals surface area contributed by atoms with Gasteiger partial charge in [0.15, 0.2) is 5.78 Å². The molecular formula is C19H29NO. The maximum atomic E-state index is 12.9. The number of likely N-dealkylation sites (tertiary alicyclic amines) is 1. The van der Waals surface area contributed by atoms with Gasteiger partial charge in [-0.25, -0.2) is 0 Å². The molecule has 0 radical (unpaired) electrons. The summed E-state index contributed by atoms with van der Waals surface area (Å²) in [6.45, 7) is 12.8. The lowest BCUT2D eigenvalue weighted by molar-refractivity contribution is 0.0849. The van der Waals surface area contributed by atoms with Crippen LogP contribution in [0.3, 0.4) is 0 Å². The molecule has 2 heteroatoms. The number of aryl methyl sites for hydroxylation is 2. The van der Waals surface area contributed by atoms with Crippen molar-refractivity contribution in [3.8, 4) is 0 Å². The first-order valence-electron chi connectivity index (χ1n) is 8.28. The van der Waals surface area contributed by atoms with Crippen molar-refractivity contribution in [2.45, 2.75) is 59.9 Å². The number of hydrogen-bond donors (Lipinski definition) is 0. The molecule has 1 aliphatic heterocycles. The third kappa shape index (κ3) is 3.21. The summed E-state index contributed by atoms with van der Waals surface area (Å²) in [5.74, 6) is 0.277. The van der Waals surface area contributed by atoms with Gasteiger partial charge in [-0.3, -0.25) is 9.69 Å².